The molecule has 1 unspecified atom stereocenters. The van der Waals surface area contributed by atoms with Crippen molar-refractivity contribution < 1.29 is 32.2 Å². The lowest BCUT2D eigenvalue weighted by atomic mass is 9.92. The Labute approximate surface area is 178 Å². The first-order valence-corrected chi connectivity index (χ1v) is 9.49. The van der Waals surface area contributed by atoms with Crippen LogP contribution in [0.4, 0.5) is 18.0 Å². The van der Waals surface area contributed by atoms with Crippen molar-refractivity contribution >= 4 is 6.16 Å². The zero-order chi connectivity index (χ0) is 22.6. The standard InChI is InChI=1S/C23H22F3NO4/c1-14-11-19(21(15(2)27-14)31-22(28)29-3)18-9-4-5-10-20(18)30-13-16-7-6-8-17(12-16)23(24,25)26/h4-12,19,27H,13H2,1-3H3. The van der Waals surface area contributed by atoms with Crippen molar-refractivity contribution in [1.82, 2.24) is 5.32 Å². The fourth-order valence-electron chi connectivity index (χ4n) is 3.33. The molecule has 2 aromatic rings. The molecule has 5 nitrogen and oxygen atoms in total. The van der Waals surface area contributed by atoms with Crippen LogP contribution in [0, 0.1) is 0 Å². The first-order chi connectivity index (χ1) is 14.7. The fraction of sp³-hybridized carbons (Fsp3) is 0.261. The van der Waals surface area contributed by atoms with Crippen LogP contribution < -0.4 is 10.1 Å². The second-order valence-electron chi connectivity index (χ2n) is 7.02. The van der Waals surface area contributed by atoms with Crippen LogP contribution in [0.5, 0.6) is 5.75 Å². The normalized spacial score (nSPS) is 16.3. The smallest absolute Gasteiger partial charge is 0.489 e. The predicted molar refractivity (Wildman–Crippen MR) is 108 cm³/mol. The van der Waals surface area contributed by atoms with Gasteiger partial charge < -0.3 is 19.5 Å². The summed E-state index contributed by atoms with van der Waals surface area (Å²) in [5, 5.41) is 3.12. The molecule has 0 fully saturated rings. The first kappa shape index (κ1) is 22.3. The third kappa shape index (κ3) is 5.39. The van der Waals surface area contributed by atoms with Gasteiger partial charge in [0.05, 0.1) is 24.3 Å². The van der Waals surface area contributed by atoms with Crippen molar-refractivity contribution in [3.8, 4) is 5.75 Å². The number of hydrogen-bond donors (Lipinski definition) is 1. The lowest BCUT2D eigenvalue weighted by molar-refractivity contribution is -0.137. The molecule has 1 atom stereocenters. The highest BCUT2D eigenvalue weighted by molar-refractivity contribution is 5.62. The molecule has 31 heavy (non-hydrogen) atoms. The molecule has 0 saturated carbocycles. The average molecular weight is 433 g/mol. The number of rotatable bonds is 5. The van der Waals surface area contributed by atoms with E-state index in [0.29, 0.717) is 28.3 Å². The van der Waals surface area contributed by atoms with E-state index in [1.165, 1.54) is 13.2 Å². The fourth-order valence-corrected chi connectivity index (χ4v) is 3.33. The SMILES string of the molecule is COC(=O)OC1=C(C)NC(C)=CC1c1ccccc1OCc1cccc(C(F)(F)F)c1. The quantitative estimate of drug-likeness (QED) is 0.596. The van der Waals surface area contributed by atoms with Crippen LogP contribution in [-0.2, 0) is 22.3 Å². The highest BCUT2D eigenvalue weighted by atomic mass is 19.4. The number of benzene rings is 2. The lowest BCUT2D eigenvalue weighted by Crippen LogP contribution is -2.23. The Morgan fingerprint density at radius 2 is 1.84 bits per heavy atom. The van der Waals surface area contributed by atoms with Crippen molar-refractivity contribution in [3.05, 3.63) is 88.5 Å². The van der Waals surface area contributed by atoms with Crippen LogP contribution in [-0.4, -0.2) is 13.3 Å². The van der Waals surface area contributed by atoms with Gasteiger partial charge in [-0.05, 0) is 37.6 Å². The van der Waals surface area contributed by atoms with Crippen LogP contribution in [0.15, 0.2) is 71.8 Å². The van der Waals surface area contributed by atoms with Gasteiger partial charge in [-0.2, -0.15) is 13.2 Å². The van der Waals surface area contributed by atoms with Crippen molar-refractivity contribution in [2.75, 3.05) is 7.11 Å². The van der Waals surface area contributed by atoms with Crippen molar-refractivity contribution in [1.29, 1.82) is 0 Å². The summed E-state index contributed by atoms with van der Waals surface area (Å²) < 4.78 is 54.8. The predicted octanol–water partition coefficient (Wildman–Crippen LogP) is 5.89. The first-order valence-electron chi connectivity index (χ1n) is 9.49. The summed E-state index contributed by atoms with van der Waals surface area (Å²) in [6.07, 6.45) is -3.40. The Morgan fingerprint density at radius 3 is 2.55 bits per heavy atom. The summed E-state index contributed by atoms with van der Waals surface area (Å²) in [6.45, 7) is 3.59. The minimum atomic E-state index is -4.42. The molecular formula is C23H22F3NO4. The van der Waals surface area contributed by atoms with E-state index in [1.807, 2.05) is 25.1 Å². The Hall–Kier alpha value is -3.42. The van der Waals surface area contributed by atoms with Gasteiger partial charge in [-0.25, -0.2) is 4.79 Å². The van der Waals surface area contributed by atoms with E-state index in [0.717, 1.165) is 17.8 Å². The molecule has 0 bridgehead atoms. The molecular weight excluding hydrogens is 411 g/mol. The summed E-state index contributed by atoms with van der Waals surface area (Å²) in [5.74, 6) is 0.375. The van der Waals surface area contributed by atoms with Crippen LogP contribution in [0.2, 0.25) is 0 Å². The highest BCUT2D eigenvalue weighted by Gasteiger charge is 2.31. The number of allylic oxidation sites excluding steroid dienone is 3. The Balaban J connectivity index is 1.89. The zero-order valence-corrected chi connectivity index (χ0v) is 17.2. The van der Waals surface area contributed by atoms with Gasteiger partial charge in [0.15, 0.2) is 0 Å². The van der Waals surface area contributed by atoms with E-state index in [4.69, 9.17) is 9.47 Å². The number of para-hydroxylation sites is 1. The summed E-state index contributed by atoms with van der Waals surface area (Å²) >= 11 is 0. The zero-order valence-electron chi connectivity index (χ0n) is 17.2. The number of dihydropyridines is 1. The molecule has 1 heterocycles. The Morgan fingerprint density at radius 1 is 1.10 bits per heavy atom. The van der Waals surface area contributed by atoms with Crippen LogP contribution in [0.1, 0.15) is 36.5 Å². The van der Waals surface area contributed by atoms with Gasteiger partial charge in [-0.1, -0.05) is 36.4 Å². The van der Waals surface area contributed by atoms with Gasteiger partial charge in [0, 0.05) is 11.3 Å². The number of halogens is 3. The molecule has 8 heteroatoms. The van der Waals surface area contributed by atoms with Gasteiger partial charge >= 0.3 is 12.3 Å². The Kier molecular flexibility index (Phi) is 6.58. The third-order valence-electron chi connectivity index (χ3n) is 4.72. The van der Waals surface area contributed by atoms with Crippen LogP contribution in [0.25, 0.3) is 0 Å². The van der Waals surface area contributed by atoms with Crippen LogP contribution >= 0.6 is 0 Å². The van der Waals surface area contributed by atoms with Gasteiger partial charge in [-0.15, -0.1) is 0 Å². The van der Waals surface area contributed by atoms with Crippen LogP contribution in [0.3, 0.4) is 0 Å². The molecule has 0 spiro atoms. The molecule has 2 aromatic carbocycles. The van der Waals surface area contributed by atoms with Gasteiger partial charge in [-0.3, -0.25) is 0 Å². The van der Waals surface area contributed by atoms with E-state index >= 15 is 0 Å². The third-order valence-corrected chi connectivity index (χ3v) is 4.72. The van der Waals surface area contributed by atoms with Gasteiger partial charge in [0.25, 0.3) is 0 Å². The second-order valence-corrected chi connectivity index (χ2v) is 7.02. The van der Waals surface area contributed by atoms with Gasteiger partial charge in [0.1, 0.15) is 18.1 Å². The maximum absolute atomic E-state index is 13.0. The van der Waals surface area contributed by atoms with Crippen molar-refractivity contribution in [2.45, 2.75) is 32.5 Å². The van der Waals surface area contributed by atoms with E-state index in [2.05, 4.69) is 10.1 Å². The number of hydrogen-bond acceptors (Lipinski definition) is 5. The van der Waals surface area contributed by atoms with E-state index in [1.54, 1.807) is 25.1 Å². The maximum Gasteiger partial charge on any atom is 0.513 e. The van der Waals surface area contributed by atoms with E-state index in [-0.39, 0.29) is 6.61 Å². The maximum atomic E-state index is 13.0. The largest absolute Gasteiger partial charge is 0.513 e. The summed E-state index contributed by atoms with van der Waals surface area (Å²) in [6, 6.07) is 12.1. The summed E-state index contributed by atoms with van der Waals surface area (Å²) in [5.41, 5.74) is 1.86. The number of carbonyl (C=O) groups excluding carboxylic acids is 1. The number of ether oxygens (including phenoxy) is 3. The Bertz CT molecular complexity index is 1030. The lowest BCUT2D eigenvalue weighted by Gasteiger charge is -2.27. The summed E-state index contributed by atoms with van der Waals surface area (Å²) in [4.78, 5) is 11.7. The molecule has 0 aromatic heterocycles. The summed E-state index contributed by atoms with van der Waals surface area (Å²) in [7, 11) is 1.22. The number of methoxy groups -OCH3 is 1. The number of carbonyl (C=O) groups is 1. The van der Waals surface area contributed by atoms with E-state index < -0.39 is 23.8 Å². The average Bonchev–Trinajstić information content (AvgIpc) is 2.73. The topological polar surface area (TPSA) is 56.8 Å². The van der Waals surface area contributed by atoms with E-state index in [9.17, 15) is 18.0 Å². The minimum absolute atomic E-state index is 0.0511. The molecule has 164 valence electrons. The molecule has 3 rings (SSSR count). The number of nitrogens with one attached hydrogen (secondary N) is 1. The molecule has 0 saturated heterocycles. The molecule has 0 amide bonds. The van der Waals surface area contributed by atoms with Crippen molar-refractivity contribution in [3.63, 3.8) is 0 Å². The highest BCUT2D eigenvalue weighted by Crippen LogP contribution is 2.38. The molecule has 1 N–H and O–H groups in total. The van der Waals surface area contributed by atoms with Crippen molar-refractivity contribution in [2.24, 2.45) is 0 Å². The number of alkyl halides is 3. The minimum Gasteiger partial charge on any atom is -0.489 e. The molecule has 1 aliphatic rings. The monoisotopic (exact) mass is 433 g/mol. The van der Waals surface area contributed by atoms with Gasteiger partial charge in [0.2, 0.25) is 0 Å². The molecule has 0 aliphatic carbocycles. The molecule has 0 radical (unpaired) electrons. The molecule has 1 aliphatic heterocycles. The second kappa shape index (κ2) is 9.16.